The summed E-state index contributed by atoms with van der Waals surface area (Å²) in [6.45, 7) is 7.05. The molecule has 3 rings (SSSR count). The molecule has 3 N–H and O–H groups in total. The number of guanidine groups is 1. The number of hydrogen-bond acceptors (Lipinski definition) is 5. The lowest BCUT2D eigenvalue weighted by atomic mass is 9.99. The quantitative estimate of drug-likeness (QED) is 0.390. The van der Waals surface area contributed by atoms with Crippen LogP contribution in [0.25, 0.3) is 0 Å². The van der Waals surface area contributed by atoms with Crippen LogP contribution in [0.4, 0.5) is 0 Å². The number of fused-ring (bicyclic) bond motifs is 1. The molecule has 0 radical (unpaired) electrons. The molecule has 32 heavy (non-hydrogen) atoms. The Labute approximate surface area is 191 Å². The lowest BCUT2D eigenvalue weighted by Gasteiger charge is -2.29. The molecular weight excluding hydrogens is 404 g/mol. The molecule has 1 aliphatic heterocycles. The summed E-state index contributed by atoms with van der Waals surface area (Å²) >= 11 is 0. The highest BCUT2D eigenvalue weighted by molar-refractivity contribution is 5.79. The molecule has 1 aliphatic rings. The van der Waals surface area contributed by atoms with Gasteiger partial charge < -0.3 is 25.2 Å². The van der Waals surface area contributed by atoms with Crippen LogP contribution in [0.5, 0.6) is 11.5 Å². The summed E-state index contributed by atoms with van der Waals surface area (Å²) in [6, 6.07) is 13.9. The maximum Gasteiger partial charge on any atom is 0.191 e. The minimum Gasteiger partial charge on any atom is -0.493 e. The van der Waals surface area contributed by atoms with E-state index in [-0.39, 0.29) is 0 Å². The average Bonchev–Trinajstić information content (AvgIpc) is 2.83. The molecule has 0 fully saturated rings. The van der Waals surface area contributed by atoms with Crippen LogP contribution < -0.4 is 20.1 Å². The van der Waals surface area contributed by atoms with Crippen LogP contribution in [0.3, 0.4) is 0 Å². The molecule has 0 aliphatic carbocycles. The van der Waals surface area contributed by atoms with Crippen molar-refractivity contribution in [2.45, 2.75) is 32.4 Å². The van der Waals surface area contributed by atoms with Gasteiger partial charge in [-0.05, 0) is 48.6 Å². The monoisotopic (exact) mass is 440 g/mol. The van der Waals surface area contributed by atoms with Gasteiger partial charge in [-0.1, -0.05) is 30.3 Å². The van der Waals surface area contributed by atoms with E-state index < -0.39 is 6.10 Å². The average molecular weight is 441 g/mol. The van der Waals surface area contributed by atoms with Crippen molar-refractivity contribution in [1.82, 2.24) is 15.5 Å². The van der Waals surface area contributed by atoms with Crippen LogP contribution in [-0.2, 0) is 13.0 Å². The van der Waals surface area contributed by atoms with E-state index in [9.17, 15) is 5.11 Å². The molecule has 1 heterocycles. The van der Waals surface area contributed by atoms with Gasteiger partial charge in [-0.15, -0.1) is 0 Å². The van der Waals surface area contributed by atoms with Crippen LogP contribution in [0.2, 0.25) is 0 Å². The first-order valence-electron chi connectivity index (χ1n) is 11.4. The van der Waals surface area contributed by atoms with Gasteiger partial charge in [-0.2, -0.15) is 0 Å². The number of hydrogen-bond donors (Lipinski definition) is 3. The van der Waals surface area contributed by atoms with Gasteiger partial charge in [0.2, 0.25) is 0 Å². The highest BCUT2D eigenvalue weighted by Gasteiger charge is 2.19. The smallest absolute Gasteiger partial charge is 0.191 e. The third kappa shape index (κ3) is 6.61. The summed E-state index contributed by atoms with van der Waals surface area (Å²) in [7, 11) is 3.35. The van der Waals surface area contributed by atoms with Crippen molar-refractivity contribution >= 4 is 5.96 Å². The molecule has 1 atom stereocenters. The Morgan fingerprint density at radius 2 is 1.81 bits per heavy atom. The number of aliphatic hydroxyl groups is 1. The van der Waals surface area contributed by atoms with Gasteiger partial charge in [-0.3, -0.25) is 9.89 Å². The Balaban J connectivity index is 1.47. The van der Waals surface area contributed by atoms with Crippen molar-refractivity contribution in [2.24, 2.45) is 4.99 Å². The number of rotatable bonds is 10. The minimum atomic E-state index is -0.494. The van der Waals surface area contributed by atoms with Gasteiger partial charge in [0.25, 0.3) is 0 Å². The molecular formula is C25H36N4O3. The maximum atomic E-state index is 10.3. The summed E-state index contributed by atoms with van der Waals surface area (Å²) in [5, 5.41) is 17.0. The van der Waals surface area contributed by atoms with Crippen LogP contribution in [-0.4, -0.2) is 62.9 Å². The molecule has 0 bridgehead atoms. The molecule has 2 aromatic rings. The lowest BCUT2D eigenvalue weighted by Crippen LogP contribution is -2.42. The Bertz CT molecular complexity index is 873. The second kappa shape index (κ2) is 12.3. The molecule has 0 spiro atoms. The van der Waals surface area contributed by atoms with Crippen molar-refractivity contribution in [1.29, 1.82) is 0 Å². The predicted octanol–water partition coefficient (Wildman–Crippen LogP) is 2.74. The zero-order valence-corrected chi connectivity index (χ0v) is 19.4. The van der Waals surface area contributed by atoms with Gasteiger partial charge in [0, 0.05) is 39.3 Å². The van der Waals surface area contributed by atoms with Crippen LogP contribution in [0.1, 0.15) is 36.1 Å². The molecule has 0 amide bonds. The second-order valence-electron chi connectivity index (χ2n) is 7.90. The molecule has 0 aromatic heterocycles. The third-order valence-electron chi connectivity index (χ3n) is 5.72. The van der Waals surface area contributed by atoms with Crippen LogP contribution in [0.15, 0.2) is 47.5 Å². The fourth-order valence-electron chi connectivity index (χ4n) is 3.95. The number of benzene rings is 2. The Kier molecular flexibility index (Phi) is 9.19. The first-order chi connectivity index (χ1) is 15.6. The number of nitrogens with one attached hydrogen (secondary N) is 2. The number of aliphatic hydroxyl groups excluding tert-OH is 1. The third-order valence-corrected chi connectivity index (χ3v) is 5.72. The zero-order valence-electron chi connectivity index (χ0n) is 19.4. The summed E-state index contributed by atoms with van der Waals surface area (Å²) in [6.07, 6.45) is 1.10. The predicted molar refractivity (Wildman–Crippen MR) is 129 cm³/mol. The van der Waals surface area contributed by atoms with Gasteiger partial charge >= 0.3 is 0 Å². The van der Waals surface area contributed by atoms with E-state index in [1.165, 1.54) is 11.1 Å². The topological polar surface area (TPSA) is 78.4 Å². The summed E-state index contributed by atoms with van der Waals surface area (Å²) in [4.78, 5) is 7.06. The van der Waals surface area contributed by atoms with E-state index in [2.05, 4.69) is 39.6 Å². The van der Waals surface area contributed by atoms with Crippen molar-refractivity contribution in [3.63, 3.8) is 0 Å². The van der Waals surface area contributed by atoms with Crippen molar-refractivity contribution in [3.8, 4) is 11.5 Å². The van der Waals surface area contributed by atoms with E-state index in [1.54, 1.807) is 14.2 Å². The van der Waals surface area contributed by atoms with E-state index in [0.29, 0.717) is 13.0 Å². The van der Waals surface area contributed by atoms with Crippen molar-refractivity contribution < 1.29 is 14.6 Å². The Morgan fingerprint density at radius 3 is 2.50 bits per heavy atom. The molecule has 7 heteroatoms. The molecule has 1 unspecified atom stereocenters. The van der Waals surface area contributed by atoms with Gasteiger partial charge in [0.15, 0.2) is 17.5 Å². The van der Waals surface area contributed by atoms with E-state index in [1.807, 2.05) is 30.3 Å². The molecule has 2 aromatic carbocycles. The Hall–Kier alpha value is -2.77. The highest BCUT2D eigenvalue weighted by Crippen LogP contribution is 2.33. The fourth-order valence-corrected chi connectivity index (χ4v) is 3.95. The molecule has 174 valence electrons. The maximum absolute atomic E-state index is 10.3. The summed E-state index contributed by atoms with van der Waals surface area (Å²) < 4.78 is 10.9. The van der Waals surface area contributed by atoms with E-state index in [0.717, 1.165) is 62.2 Å². The van der Waals surface area contributed by atoms with Crippen molar-refractivity contribution in [2.75, 3.05) is 46.9 Å². The van der Waals surface area contributed by atoms with Gasteiger partial charge in [0.05, 0.1) is 20.3 Å². The van der Waals surface area contributed by atoms with Gasteiger partial charge in [-0.25, -0.2) is 0 Å². The van der Waals surface area contributed by atoms with E-state index in [4.69, 9.17) is 9.47 Å². The normalized spacial score (nSPS) is 15.1. The number of methoxy groups -OCH3 is 2. The first-order valence-corrected chi connectivity index (χ1v) is 11.4. The fraction of sp³-hybridized carbons (Fsp3) is 0.480. The molecule has 0 saturated carbocycles. The highest BCUT2D eigenvalue weighted by atomic mass is 16.5. The number of nitrogens with zero attached hydrogens (tertiary/aromatic N) is 2. The lowest BCUT2D eigenvalue weighted by molar-refractivity contribution is 0.170. The molecule has 0 saturated heterocycles. The van der Waals surface area contributed by atoms with Crippen LogP contribution in [0, 0.1) is 0 Å². The summed E-state index contributed by atoms with van der Waals surface area (Å²) in [5.74, 6) is 2.37. The van der Waals surface area contributed by atoms with E-state index >= 15 is 0 Å². The van der Waals surface area contributed by atoms with Gasteiger partial charge in [0.1, 0.15) is 0 Å². The SMILES string of the molecule is CCNC(=NCCC(O)c1ccccc1)NCCN1CCc2cc(OC)c(OC)cc2C1. The standard InChI is InChI=1S/C25H36N4O3/c1-4-26-25(27-12-10-22(30)19-8-6-5-7-9-19)28-13-15-29-14-11-20-16-23(31-2)24(32-3)17-21(20)18-29/h5-9,16-17,22,30H,4,10-15,18H2,1-3H3,(H2,26,27,28). The minimum absolute atomic E-state index is 0.494. The first kappa shape index (κ1) is 23.9. The largest absolute Gasteiger partial charge is 0.493 e. The van der Waals surface area contributed by atoms with Crippen LogP contribution >= 0.6 is 0 Å². The zero-order chi connectivity index (χ0) is 22.8. The second-order valence-corrected chi connectivity index (χ2v) is 7.90. The molecule has 7 nitrogen and oxygen atoms in total. The summed E-state index contributed by atoms with van der Waals surface area (Å²) in [5.41, 5.74) is 3.56. The van der Waals surface area contributed by atoms with Crippen molar-refractivity contribution in [3.05, 3.63) is 59.2 Å². The Morgan fingerprint density at radius 1 is 1.09 bits per heavy atom. The number of ether oxygens (including phenoxy) is 2. The number of aliphatic imine (C=N–C) groups is 1.